The third kappa shape index (κ3) is 5.91. The summed E-state index contributed by atoms with van der Waals surface area (Å²) in [5, 5.41) is 5.49. The zero-order valence-corrected chi connectivity index (χ0v) is 16.0. The average Bonchev–Trinajstić information content (AvgIpc) is 2.64. The van der Waals surface area contributed by atoms with Crippen LogP contribution in [-0.4, -0.2) is 37.6 Å². The van der Waals surface area contributed by atoms with E-state index in [1.165, 1.54) is 14.0 Å². The molecule has 0 radical (unpaired) electrons. The number of carbonyl (C=O) groups is 2. The van der Waals surface area contributed by atoms with E-state index in [2.05, 4.69) is 10.6 Å². The summed E-state index contributed by atoms with van der Waals surface area (Å²) in [6, 6.07) is 12.4. The van der Waals surface area contributed by atoms with Crippen LogP contribution >= 0.6 is 0 Å². The van der Waals surface area contributed by atoms with Gasteiger partial charge in [-0.1, -0.05) is 12.1 Å². The molecule has 0 aliphatic carbocycles. The van der Waals surface area contributed by atoms with Gasteiger partial charge in [-0.15, -0.1) is 0 Å². The van der Waals surface area contributed by atoms with Crippen molar-refractivity contribution < 1.29 is 19.1 Å². The molecule has 7 heteroatoms. The quantitative estimate of drug-likeness (QED) is 0.777. The lowest BCUT2D eigenvalue weighted by Crippen LogP contribution is -2.30. The summed E-state index contributed by atoms with van der Waals surface area (Å²) in [5.41, 5.74) is 2.12. The van der Waals surface area contributed by atoms with E-state index in [9.17, 15) is 9.59 Å². The third-order valence-corrected chi connectivity index (χ3v) is 3.76. The van der Waals surface area contributed by atoms with Crippen LogP contribution in [0.3, 0.4) is 0 Å². The maximum absolute atomic E-state index is 12.4. The van der Waals surface area contributed by atoms with Crippen LogP contribution in [-0.2, 0) is 11.3 Å². The van der Waals surface area contributed by atoms with Crippen LogP contribution < -0.4 is 20.1 Å². The number of ether oxygens (including phenoxy) is 2. The number of anilines is 2. The second-order valence-corrected chi connectivity index (χ2v) is 5.96. The molecule has 3 amide bonds. The molecule has 2 rings (SSSR count). The Labute approximate surface area is 159 Å². The number of urea groups is 1. The summed E-state index contributed by atoms with van der Waals surface area (Å²) in [6.45, 7) is 4.43. The van der Waals surface area contributed by atoms with Crippen molar-refractivity contribution in [3.8, 4) is 11.5 Å². The number of amides is 3. The van der Waals surface area contributed by atoms with Crippen molar-refractivity contribution in [3.05, 3.63) is 48.0 Å². The first-order chi connectivity index (χ1) is 12.9. The topological polar surface area (TPSA) is 79.9 Å². The van der Waals surface area contributed by atoms with Crippen molar-refractivity contribution in [1.82, 2.24) is 4.90 Å². The molecule has 0 saturated heterocycles. The molecule has 2 N–H and O–H groups in total. The Morgan fingerprint density at radius 2 is 1.78 bits per heavy atom. The number of nitrogens with zero attached hydrogens (tertiary/aromatic N) is 1. The number of carbonyl (C=O) groups excluding carboxylic acids is 2. The predicted molar refractivity (Wildman–Crippen MR) is 105 cm³/mol. The molecule has 0 atom stereocenters. The SMILES string of the molecule is CCOc1ccc(CN(C)C(=O)Nc2ccc(NC(C)=O)c(OC)c2)cc1. The zero-order chi connectivity index (χ0) is 19.8. The fourth-order valence-electron chi connectivity index (χ4n) is 2.48. The van der Waals surface area contributed by atoms with Gasteiger partial charge in [-0.3, -0.25) is 4.79 Å². The van der Waals surface area contributed by atoms with Crippen LogP contribution in [0.1, 0.15) is 19.4 Å². The number of nitrogens with one attached hydrogen (secondary N) is 2. The van der Waals surface area contributed by atoms with Gasteiger partial charge in [0.05, 0.1) is 19.4 Å². The number of hydrogen-bond acceptors (Lipinski definition) is 4. The minimum absolute atomic E-state index is 0.194. The molecule has 2 aromatic rings. The molecule has 0 fully saturated rings. The molecule has 144 valence electrons. The maximum Gasteiger partial charge on any atom is 0.321 e. The summed E-state index contributed by atoms with van der Waals surface area (Å²) in [7, 11) is 3.22. The lowest BCUT2D eigenvalue weighted by molar-refractivity contribution is -0.114. The monoisotopic (exact) mass is 371 g/mol. The van der Waals surface area contributed by atoms with Crippen LogP contribution in [0, 0.1) is 0 Å². The lowest BCUT2D eigenvalue weighted by atomic mass is 10.2. The molecule has 2 aromatic carbocycles. The van der Waals surface area contributed by atoms with Gasteiger partial charge in [-0.05, 0) is 36.8 Å². The fraction of sp³-hybridized carbons (Fsp3) is 0.300. The van der Waals surface area contributed by atoms with Crippen LogP contribution in [0.25, 0.3) is 0 Å². The molecule has 0 unspecified atom stereocenters. The Kier molecular flexibility index (Phi) is 7.05. The van der Waals surface area contributed by atoms with E-state index >= 15 is 0 Å². The van der Waals surface area contributed by atoms with Gasteiger partial charge < -0.3 is 25.0 Å². The first kappa shape index (κ1) is 20.1. The van der Waals surface area contributed by atoms with Crippen molar-refractivity contribution in [2.45, 2.75) is 20.4 Å². The van der Waals surface area contributed by atoms with E-state index in [-0.39, 0.29) is 11.9 Å². The van der Waals surface area contributed by atoms with Crippen molar-refractivity contribution in [2.75, 3.05) is 31.4 Å². The van der Waals surface area contributed by atoms with Gasteiger partial charge in [0.2, 0.25) is 5.91 Å². The maximum atomic E-state index is 12.4. The minimum atomic E-state index is -0.252. The van der Waals surface area contributed by atoms with E-state index in [1.807, 2.05) is 31.2 Å². The number of hydrogen-bond donors (Lipinski definition) is 2. The van der Waals surface area contributed by atoms with Crippen molar-refractivity contribution in [1.29, 1.82) is 0 Å². The highest BCUT2D eigenvalue weighted by Crippen LogP contribution is 2.28. The molecule has 0 aromatic heterocycles. The zero-order valence-electron chi connectivity index (χ0n) is 16.0. The first-order valence-electron chi connectivity index (χ1n) is 8.62. The largest absolute Gasteiger partial charge is 0.494 e. The van der Waals surface area contributed by atoms with Crippen LogP contribution in [0.5, 0.6) is 11.5 Å². The number of rotatable bonds is 7. The van der Waals surface area contributed by atoms with E-state index in [4.69, 9.17) is 9.47 Å². The minimum Gasteiger partial charge on any atom is -0.494 e. The Balaban J connectivity index is 1.99. The van der Waals surface area contributed by atoms with Crippen molar-refractivity contribution in [3.63, 3.8) is 0 Å². The van der Waals surface area contributed by atoms with Crippen molar-refractivity contribution in [2.24, 2.45) is 0 Å². The highest BCUT2D eigenvalue weighted by atomic mass is 16.5. The Morgan fingerprint density at radius 1 is 1.07 bits per heavy atom. The summed E-state index contributed by atoms with van der Waals surface area (Å²) < 4.78 is 10.7. The van der Waals surface area contributed by atoms with Gasteiger partial charge in [0, 0.05) is 32.3 Å². The summed E-state index contributed by atoms with van der Waals surface area (Å²) in [5.74, 6) is 1.08. The van der Waals surface area contributed by atoms with E-state index in [1.54, 1.807) is 30.1 Å². The van der Waals surface area contributed by atoms with Gasteiger partial charge in [0.15, 0.2) is 0 Å². The molecule has 7 nitrogen and oxygen atoms in total. The normalized spacial score (nSPS) is 10.1. The third-order valence-electron chi connectivity index (χ3n) is 3.76. The molecule has 0 bridgehead atoms. The molecular weight excluding hydrogens is 346 g/mol. The van der Waals surface area contributed by atoms with Gasteiger partial charge in [-0.25, -0.2) is 4.79 Å². The Bertz CT molecular complexity index is 790. The fourth-order valence-corrected chi connectivity index (χ4v) is 2.48. The van der Waals surface area contributed by atoms with Gasteiger partial charge in [0.1, 0.15) is 11.5 Å². The van der Waals surface area contributed by atoms with Crippen LogP contribution in [0.2, 0.25) is 0 Å². The summed E-state index contributed by atoms with van der Waals surface area (Å²) in [4.78, 5) is 25.2. The van der Waals surface area contributed by atoms with Crippen LogP contribution in [0.15, 0.2) is 42.5 Å². The predicted octanol–water partition coefficient (Wildman–Crippen LogP) is 3.72. The van der Waals surface area contributed by atoms with Gasteiger partial charge >= 0.3 is 6.03 Å². The molecular formula is C20H25N3O4. The Hall–Kier alpha value is -3.22. The highest BCUT2D eigenvalue weighted by molar-refractivity contribution is 5.93. The number of methoxy groups -OCH3 is 1. The molecule has 0 aliphatic heterocycles. The van der Waals surface area contributed by atoms with E-state index in [0.717, 1.165) is 11.3 Å². The molecule has 0 saturated carbocycles. The molecule has 0 aliphatic rings. The van der Waals surface area contributed by atoms with E-state index in [0.29, 0.717) is 30.3 Å². The number of benzene rings is 2. The molecule has 0 spiro atoms. The standard InChI is InChI=1S/C20H25N3O4/c1-5-27-17-9-6-15(7-10-17)13-23(3)20(25)22-16-8-11-18(21-14(2)24)19(12-16)26-4/h6-12H,5,13H2,1-4H3,(H,21,24)(H,22,25). The molecule has 0 heterocycles. The second-order valence-electron chi connectivity index (χ2n) is 5.96. The lowest BCUT2D eigenvalue weighted by Gasteiger charge is -2.19. The smallest absolute Gasteiger partial charge is 0.321 e. The van der Waals surface area contributed by atoms with Crippen molar-refractivity contribution >= 4 is 23.3 Å². The first-order valence-corrected chi connectivity index (χ1v) is 8.62. The van der Waals surface area contributed by atoms with Gasteiger partial charge in [0.25, 0.3) is 0 Å². The average molecular weight is 371 g/mol. The van der Waals surface area contributed by atoms with E-state index < -0.39 is 0 Å². The summed E-state index contributed by atoms with van der Waals surface area (Å²) >= 11 is 0. The Morgan fingerprint density at radius 3 is 2.37 bits per heavy atom. The van der Waals surface area contributed by atoms with Crippen LogP contribution in [0.4, 0.5) is 16.2 Å². The van der Waals surface area contributed by atoms with Gasteiger partial charge in [-0.2, -0.15) is 0 Å². The second kappa shape index (κ2) is 9.47. The molecule has 27 heavy (non-hydrogen) atoms. The summed E-state index contributed by atoms with van der Waals surface area (Å²) in [6.07, 6.45) is 0. The highest BCUT2D eigenvalue weighted by Gasteiger charge is 2.12.